The fraction of sp³-hybridized carbons (Fsp3) is 0.556. The summed E-state index contributed by atoms with van der Waals surface area (Å²) in [7, 11) is 0. The first-order chi connectivity index (χ1) is 6.33. The summed E-state index contributed by atoms with van der Waals surface area (Å²) in [5.74, 6) is 1.17. The van der Waals surface area contributed by atoms with Crippen molar-refractivity contribution in [3.63, 3.8) is 0 Å². The van der Waals surface area contributed by atoms with E-state index in [2.05, 4.69) is 27.4 Å². The molecule has 1 aromatic heterocycles. The highest BCUT2D eigenvalue weighted by Crippen LogP contribution is 2.41. The molecule has 1 aromatic rings. The van der Waals surface area contributed by atoms with Gasteiger partial charge in [0.15, 0.2) is 0 Å². The highest BCUT2D eigenvalue weighted by molar-refractivity contribution is 9.10. The Hall–Kier alpha value is 0.430. The molecule has 0 aromatic carbocycles. The first-order valence-corrected chi connectivity index (χ1v) is 6.44. The van der Waals surface area contributed by atoms with E-state index in [-0.39, 0.29) is 6.10 Å². The summed E-state index contributed by atoms with van der Waals surface area (Å²) in [6, 6.07) is 2.06. The third kappa shape index (κ3) is 1.94. The second-order valence-electron chi connectivity index (χ2n) is 3.13. The van der Waals surface area contributed by atoms with Gasteiger partial charge in [0, 0.05) is 27.8 Å². The monoisotopic (exact) mass is 280 g/mol. The Morgan fingerprint density at radius 2 is 2.54 bits per heavy atom. The lowest BCUT2D eigenvalue weighted by Crippen LogP contribution is -2.07. The minimum absolute atomic E-state index is 0.215. The molecule has 1 nitrogen and oxygen atoms in total. The van der Waals surface area contributed by atoms with Gasteiger partial charge in [0.25, 0.3) is 0 Å². The molecule has 0 bridgehead atoms. The fourth-order valence-corrected chi connectivity index (χ4v) is 3.65. The molecule has 13 heavy (non-hydrogen) atoms. The third-order valence-corrected chi connectivity index (χ3v) is 4.64. The van der Waals surface area contributed by atoms with Crippen LogP contribution in [0.5, 0.6) is 0 Å². The fourth-order valence-electron chi connectivity index (χ4n) is 1.59. The van der Waals surface area contributed by atoms with E-state index >= 15 is 0 Å². The Kier molecular flexibility index (Phi) is 3.30. The molecule has 0 N–H and O–H groups in total. The Labute approximate surface area is 95.2 Å². The van der Waals surface area contributed by atoms with Crippen molar-refractivity contribution in [3.05, 3.63) is 20.8 Å². The molecule has 0 spiro atoms. The number of alkyl halides is 1. The summed E-state index contributed by atoms with van der Waals surface area (Å²) >= 11 is 11.1. The Balaban J connectivity index is 2.20. The molecule has 0 amide bonds. The van der Waals surface area contributed by atoms with Crippen LogP contribution < -0.4 is 0 Å². The molecule has 1 aliphatic heterocycles. The molecule has 0 saturated carbocycles. The van der Waals surface area contributed by atoms with Gasteiger partial charge in [-0.15, -0.1) is 22.9 Å². The predicted molar refractivity (Wildman–Crippen MR) is 59.5 cm³/mol. The summed E-state index contributed by atoms with van der Waals surface area (Å²) in [6.45, 7) is 0.840. The van der Waals surface area contributed by atoms with Crippen LogP contribution in [-0.4, -0.2) is 12.5 Å². The molecule has 1 saturated heterocycles. The van der Waals surface area contributed by atoms with Gasteiger partial charge in [0.1, 0.15) is 0 Å². The molecule has 2 rings (SSSR count). The maximum Gasteiger partial charge on any atom is 0.0968 e. The van der Waals surface area contributed by atoms with Crippen LogP contribution in [0.4, 0.5) is 0 Å². The summed E-state index contributed by atoms with van der Waals surface area (Å²) in [4.78, 5) is 1.28. The van der Waals surface area contributed by atoms with E-state index in [0.29, 0.717) is 11.8 Å². The zero-order valence-electron chi connectivity index (χ0n) is 7.00. The summed E-state index contributed by atoms with van der Waals surface area (Å²) in [6.07, 6.45) is 1.30. The van der Waals surface area contributed by atoms with Gasteiger partial charge in [0.05, 0.1) is 6.10 Å². The molecule has 4 heteroatoms. The molecular formula is C9H10BrClOS. The van der Waals surface area contributed by atoms with Gasteiger partial charge in [-0.3, -0.25) is 0 Å². The van der Waals surface area contributed by atoms with Crippen molar-refractivity contribution >= 4 is 38.9 Å². The number of halogens is 2. The minimum atomic E-state index is 0.215. The van der Waals surface area contributed by atoms with Crippen LogP contribution in [0.25, 0.3) is 0 Å². The van der Waals surface area contributed by atoms with E-state index in [1.807, 2.05) is 0 Å². The molecule has 0 radical (unpaired) electrons. The van der Waals surface area contributed by atoms with Crippen LogP contribution in [0.1, 0.15) is 17.4 Å². The second kappa shape index (κ2) is 4.30. The van der Waals surface area contributed by atoms with Crippen molar-refractivity contribution in [3.8, 4) is 0 Å². The van der Waals surface area contributed by atoms with Gasteiger partial charge < -0.3 is 4.74 Å². The molecule has 72 valence electrons. The highest BCUT2D eigenvalue weighted by atomic mass is 79.9. The maximum absolute atomic E-state index is 5.88. The van der Waals surface area contributed by atoms with Crippen LogP contribution >= 0.6 is 38.9 Å². The molecular weight excluding hydrogens is 272 g/mol. The normalized spacial score (nSPS) is 28.2. The molecule has 2 heterocycles. The zero-order chi connectivity index (χ0) is 9.26. The molecule has 2 atom stereocenters. The van der Waals surface area contributed by atoms with Crippen molar-refractivity contribution in [2.24, 2.45) is 5.92 Å². The standard InChI is InChI=1S/C9H10BrClOS/c10-7-2-4-13-9(7)8-6(5-11)1-3-12-8/h2,4,6,8H,1,3,5H2. The number of rotatable bonds is 2. The summed E-state index contributed by atoms with van der Waals surface area (Å²) in [5.41, 5.74) is 0. The van der Waals surface area contributed by atoms with E-state index in [1.54, 1.807) is 11.3 Å². The van der Waals surface area contributed by atoms with Gasteiger partial charge in [-0.1, -0.05) is 0 Å². The largest absolute Gasteiger partial charge is 0.372 e. The van der Waals surface area contributed by atoms with E-state index < -0.39 is 0 Å². The Morgan fingerprint density at radius 3 is 3.15 bits per heavy atom. The van der Waals surface area contributed by atoms with Crippen molar-refractivity contribution in [1.82, 2.24) is 0 Å². The van der Waals surface area contributed by atoms with Gasteiger partial charge in [-0.2, -0.15) is 0 Å². The van der Waals surface area contributed by atoms with Crippen molar-refractivity contribution in [2.75, 3.05) is 12.5 Å². The first-order valence-electron chi connectivity index (χ1n) is 4.23. The second-order valence-corrected chi connectivity index (χ2v) is 5.24. The zero-order valence-corrected chi connectivity index (χ0v) is 10.2. The number of thiophene rings is 1. The van der Waals surface area contributed by atoms with Crippen LogP contribution in [0, 0.1) is 5.92 Å². The van der Waals surface area contributed by atoms with Crippen molar-refractivity contribution in [2.45, 2.75) is 12.5 Å². The van der Waals surface area contributed by atoms with Crippen molar-refractivity contribution < 1.29 is 4.74 Å². The van der Waals surface area contributed by atoms with E-state index in [1.165, 1.54) is 4.88 Å². The Bertz CT molecular complexity index is 289. The Morgan fingerprint density at radius 1 is 1.69 bits per heavy atom. The molecule has 0 aliphatic carbocycles. The third-order valence-electron chi connectivity index (χ3n) is 2.32. The number of hydrogen-bond acceptors (Lipinski definition) is 2. The van der Waals surface area contributed by atoms with E-state index in [9.17, 15) is 0 Å². The van der Waals surface area contributed by atoms with E-state index in [4.69, 9.17) is 16.3 Å². The lowest BCUT2D eigenvalue weighted by Gasteiger charge is -2.14. The SMILES string of the molecule is ClCC1CCOC1c1sccc1Br. The first kappa shape index (κ1) is 9.97. The lowest BCUT2D eigenvalue weighted by molar-refractivity contribution is 0.0975. The van der Waals surface area contributed by atoms with Gasteiger partial charge in [-0.05, 0) is 33.8 Å². The predicted octanol–water partition coefficient (Wildman–Crippen LogP) is 3.83. The average molecular weight is 282 g/mol. The van der Waals surface area contributed by atoms with Crippen molar-refractivity contribution in [1.29, 1.82) is 0 Å². The van der Waals surface area contributed by atoms with Crippen LogP contribution in [-0.2, 0) is 4.74 Å². The van der Waals surface area contributed by atoms with Gasteiger partial charge >= 0.3 is 0 Å². The quantitative estimate of drug-likeness (QED) is 0.749. The summed E-state index contributed by atoms with van der Waals surface area (Å²) < 4.78 is 6.83. The molecule has 1 aliphatic rings. The maximum atomic E-state index is 5.88. The minimum Gasteiger partial charge on any atom is -0.372 e. The number of ether oxygens (including phenoxy) is 1. The molecule has 1 fully saturated rings. The summed E-state index contributed by atoms with van der Waals surface area (Å²) in [5, 5.41) is 2.08. The lowest BCUT2D eigenvalue weighted by atomic mass is 10.0. The topological polar surface area (TPSA) is 9.23 Å². The average Bonchev–Trinajstić information content (AvgIpc) is 2.71. The smallest absolute Gasteiger partial charge is 0.0968 e. The van der Waals surface area contributed by atoms with Crippen LogP contribution in [0.15, 0.2) is 15.9 Å². The van der Waals surface area contributed by atoms with Crippen LogP contribution in [0.3, 0.4) is 0 Å². The van der Waals surface area contributed by atoms with Gasteiger partial charge in [0.2, 0.25) is 0 Å². The van der Waals surface area contributed by atoms with E-state index in [0.717, 1.165) is 17.5 Å². The molecule has 2 unspecified atom stereocenters. The van der Waals surface area contributed by atoms with Gasteiger partial charge in [-0.25, -0.2) is 0 Å². The number of hydrogen-bond donors (Lipinski definition) is 0. The van der Waals surface area contributed by atoms with Crippen LogP contribution in [0.2, 0.25) is 0 Å². The highest BCUT2D eigenvalue weighted by Gasteiger charge is 2.30.